The van der Waals surface area contributed by atoms with E-state index in [9.17, 15) is 9.50 Å². The van der Waals surface area contributed by atoms with Gasteiger partial charge in [-0.15, -0.1) is 0 Å². The highest BCUT2D eigenvalue weighted by molar-refractivity contribution is 6.30. The number of halogens is 2. The molecular formula is C11H11ClFN3O. The lowest BCUT2D eigenvalue weighted by atomic mass is 10.1. The summed E-state index contributed by atoms with van der Waals surface area (Å²) in [6.45, 7) is 0.587. The van der Waals surface area contributed by atoms with E-state index in [1.165, 1.54) is 12.3 Å². The first-order valence-electron chi connectivity index (χ1n) is 5.05. The number of nitrogens with zero attached hydrogens (tertiary/aromatic N) is 2. The minimum Gasteiger partial charge on any atom is -0.493 e. The minimum absolute atomic E-state index is 0.00959. The van der Waals surface area contributed by atoms with Crippen LogP contribution in [-0.2, 0) is 6.42 Å². The van der Waals surface area contributed by atoms with Crippen LogP contribution in [0.2, 0.25) is 5.02 Å². The van der Waals surface area contributed by atoms with E-state index in [0.717, 1.165) is 5.56 Å². The fraction of sp³-hybridized carbons (Fsp3) is 0.182. The largest absolute Gasteiger partial charge is 0.493 e. The Balaban J connectivity index is 1.92. The minimum atomic E-state index is -0.423. The summed E-state index contributed by atoms with van der Waals surface area (Å²) in [6.07, 6.45) is 3.53. The molecule has 0 saturated carbocycles. The highest BCUT2D eigenvalue weighted by Crippen LogP contribution is 2.16. The van der Waals surface area contributed by atoms with E-state index in [1.54, 1.807) is 23.5 Å². The van der Waals surface area contributed by atoms with Crippen molar-refractivity contribution in [2.75, 3.05) is 6.54 Å². The molecule has 0 radical (unpaired) electrons. The van der Waals surface area contributed by atoms with E-state index >= 15 is 0 Å². The second-order valence-electron chi connectivity index (χ2n) is 3.58. The molecule has 6 heteroatoms. The number of aliphatic imine (C=N–C) groups is 1. The molecule has 1 aliphatic rings. The van der Waals surface area contributed by atoms with E-state index in [4.69, 9.17) is 11.6 Å². The van der Waals surface area contributed by atoms with Crippen LogP contribution in [0.25, 0.3) is 0 Å². The summed E-state index contributed by atoms with van der Waals surface area (Å²) in [6, 6.07) is 4.61. The summed E-state index contributed by atoms with van der Waals surface area (Å²) < 4.78 is 12.9. The second-order valence-corrected chi connectivity index (χ2v) is 3.99. The number of hydrazine groups is 1. The molecular weight excluding hydrogens is 245 g/mol. The van der Waals surface area contributed by atoms with Gasteiger partial charge in [-0.25, -0.2) is 9.38 Å². The fourth-order valence-corrected chi connectivity index (χ4v) is 1.65. The molecule has 1 aromatic rings. The van der Waals surface area contributed by atoms with Crippen molar-refractivity contribution in [3.63, 3.8) is 0 Å². The zero-order valence-electron chi connectivity index (χ0n) is 8.90. The standard InChI is InChI=1S/C11H11ClFN3O/c12-9-5-8(1-2-10(9)13)3-4-16-7-14-6-11(17)15-16/h1-2,5-7,15,17H,3-4H2. The van der Waals surface area contributed by atoms with Crippen molar-refractivity contribution in [1.82, 2.24) is 10.4 Å². The van der Waals surface area contributed by atoms with Gasteiger partial charge in [-0.05, 0) is 24.1 Å². The van der Waals surface area contributed by atoms with Crippen molar-refractivity contribution >= 4 is 17.9 Å². The molecule has 0 fully saturated rings. The van der Waals surface area contributed by atoms with Gasteiger partial charge in [-0.1, -0.05) is 17.7 Å². The normalized spacial score (nSPS) is 14.5. The third-order valence-electron chi connectivity index (χ3n) is 2.29. The number of aliphatic hydroxyl groups excluding tert-OH is 1. The Morgan fingerprint density at radius 2 is 2.29 bits per heavy atom. The number of nitrogens with one attached hydrogen (secondary N) is 1. The second kappa shape index (κ2) is 5.05. The van der Waals surface area contributed by atoms with Crippen LogP contribution in [0.4, 0.5) is 4.39 Å². The van der Waals surface area contributed by atoms with Gasteiger partial charge >= 0.3 is 0 Å². The lowest BCUT2D eigenvalue weighted by Gasteiger charge is -2.22. The Morgan fingerprint density at radius 3 is 3.00 bits per heavy atom. The molecule has 4 nitrogen and oxygen atoms in total. The van der Waals surface area contributed by atoms with E-state index < -0.39 is 5.82 Å². The van der Waals surface area contributed by atoms with Gasteiger partial charge in [0.1, 0.15) is 12.2 Å². The summed E-state index contributed by atoms with van der Waals surface area (Å²) >= 11 is 5.68. The van der Waals surface area contributed by atoms with Crippen LogP contribution in [0.1, 0.15) is 5.56 Å². The predicted octanol–water partition coefficient (Wildman–Crippen LogP) is 2.23. The maximum absolute atomic E-state index is 12.9. The molecule has 2 rings (SSSR count). The summed E-state index contributed by atoms with van der Waals surface area (Å²) in [7, 11) is 0. The first-order chi connectivity index (χ1) is 8.15. The third kappa shape index (κ3) is 3.10. The molecule has 0 bridgehead atoms. The Morgan fingerprint density at radius 1 is 1.47 bits per heavy atom. The molecule has 0 amide bonds. The molecule has 90 valence electrons. The van der Waals surface area contributed by atoms with E-state index in [2.05, 4.69) is 10.4 Å². The van der Waals surface area contributed by atoms with Gasteiger partial charge in [-0.3, -0.25) is 10.4 Å². The number of hydrogen-bond acceptors (Lipinski definition) is 4. The molecule has 0 saturated heterocycles. The molecule has 0 aromatic heterocycles. The zero-order valence-corrected chi connectivity index (χ0v) is 9.65. The van der Waals surface area contributed by atoms with E-state index in [1.807, 2.05) is 0 Å². The first kappa shape index (κ1) is 11.7. The number of rotatable bonds is 3. The smallest absolute Gasteiger partial charge is 0.222 e. The number of benzene rings is 1. The molecule has 1 heterocycles. The third-order valence-corrected chi connectivity index (χ3v) is 2.58. The Hall–Kier alpha value is -1.75. The number of hydrogen-bond donors (Lipinski definition) is 2. The van der Waals surface area contributed by atoms with Crippen molar-refractivity contribution in [3.8, 4) is 0 Å². The Labute approximate surface area is 103 Å². The molecule has 17 heavy (non-hydrogen) atoms. The van der Waals surface area contributed by atoms with Gasteiger partial charge in [0.25, 0.3) is 0 Å². The van der Waals surface area contributed by atoms with Crippen LogP contribution in [0.15, 0.2) is 35.3 Å². The number of aliphatic hydroxyl groups is 1. The maximum Gasteiger partial charge on any atom is 0.222 e. The highest BCUT2D eigenvalue weighted by Gasteiger charge is 2.06. The van der Waals surface area contributed by atoms with Crippen molar-refractivity contribution in [2.24, 2.45) is 4.99 Å². The van der Waals surface area contributed by atoms with Crippen LogP contribution < -0.4 is 5.43 Å². The first-order valence-corrected chi connectivity index (χ1v) is 5.42. The van der Waals surface area contributed by atoms with Gasteiger partial charge in [0.2, 0.25) is 5.88 Å². The fourth-order valence-electron chi connectivity index (χ4n) is 1.45. The van der Waals surface area contributed by atoms with Gasteiger partial charge in [0.15, 0.2) is 0 Å². The lowest BCUT2D eigenvalue weighted by Crippen LogP contribution is -2.39. The quantitative estimate of drug-likeness (QED) is 0.871. The van der Waals surface area contributed by atoms with Crippen molar-refractivity contribution in [1.29, 1.82) is 0 Å². The SMILES string of the molecule is OC1=CN=CN(CCc2ccc(F)c(Cl)c2)N1. The molecule has 0 spiro atoms. The average Bonchev–Trinajstić information content (AvgIpc) is 2.31. The van der Waals surface area contributed by atoms with E-state index in [0.29, 0.717) is 13.0 Å². The monoisotopic (exact) mass is 255 g/mol. The van der Waals surface area contributed by atoms with Gasteiger partial charge in [0.05, 0.1) is 11.2 Å². The lowest BCUT2D eigenvalue weighted by molar-refractivity contribution is 0.247. The molecule has 0 unspecified atom stereocenters. The molecule has 2 N–H and O–H groups in total. The van der Waals surface area contributed by atoms with E-state index in [-0.39, 0.29) is 10.9 Å². The summed E-state index contributed by atoms with van der Waals surface area (Å²) in [4.78, 5) is 3.82. The molecule has 1 aliphatic heterocycles. The summed E-state index contributed by atoms with van der Waals surface area (Å²) in [5.74, 6) is -0.432. The van der Waals surface area contributed by atoms with Crippen LogP contribution in [0.5, 0.6) is 0 Å². The van der Waals surface area contributed by atoms with Gasteiger partial charge in [0, 0.05) is 6.54 Å². The maximum atomic E-state index is 12.9. The van der Waals surface area contributed by atoms with Crippen molar-refractivity contribution in [2.45, 2.75) is 6.42 Å². The zero-order chi connectivity index (χ0) is 12.3. The van der Waals surface area contributed by atoms with Crippen molar-refractivity contribution in [3.05, 3.63) is 46.7 Å². The van der Waals surface area contributed by atoms with Crippen LogP contribution >= 0.6 is 11.6 Å². The van der Waals surface area contributed by atoms with Crippen LogP contribution in [-0.4, -0.2) is 23.0 Å². The van der Waals surface area contributed by atoms with Gasteiger partial charge < -0.3 is 5.11 Å². The van der Waals surface area contributed by atoms with Gasteiger partial charge in [-0.2, -0.15) is 0 Å². The molecule has 1 aromatic carbocycles. The van der Waals surface area contributed by atoms with Crippen LogP contribution in [0.3, 0.4) is 0 Å². The van der Waals surface area contributed by atoms with Crippen LogP contribution in [0, 0.1) is 5.82 Å². The summed E-state index contributed by atoms with van der Waals surface area (Å²) in [5, 5.41) is 10.9. The predicted molar refractivity (Wildman–Crippen MR) is 64.2 cm³/mol. The van der Waals surface area contributed by atoms with Crippen molar-refractivity contribution < 1.29 is 9.50 Å². The molecule has 0 atom stereocenters. The average molecular weight is 256 g/mol. The Kier molecular flexibility index (Phi) is 3.49. The summed E-state index contributed by atoms with van der Waals surface area (Å²) in [5.41, 5.74) is 3.62. The topological polar surface area (TPSA) is 47.9 Å². The highest BCUT2D eigenvalue weighted by atomic mass is 35.5. The molecule has 0 aliphatic carbocycles. The Bertz CT molecular complexity index is 476.